The number of hydrogen-bond acceptors (Lipinski definition) is 4. The number of para-hydroxylation sites is 1. The summed E-state index contributed by atoms with van der Waals surface area (Å²) in [5.74, 6) is -0.203. The smallest absolute Gasteiger partial charge is 0.258 e. The molecular formula is C20H21N3O3. The lowest BCUT2D eigenvalue weighted by Crippen LogP contribution is -2.48. The van der Waals surface area contributed by atoms with E-state index in [1.807, 2.05) is 18.2 Å². The topological polar surface area (TPSA) is 70.7 Å². The van der Waals surface area contributed by atoms with Crippen LogP contribution in [0.5, 0.6) is 0 Å². The summed E-state index contributed by atoms with van der Waals surface area (Å²) in [6.45, 7) is 2.31. The summed E-state index contributed by atoms with van der Waals surface area (Å²) in [4.78, 5) is 27.0. The first-order chi connectivity index (χ1) is 12.7. The highest BCUT2D eigenvalue weighted by atomic mass is 16.5. The molecule has 2 heterocycles. The van der Waals surface area contributed by atoms with Crippen molar-refractivity contribution in [2.45, 2.75) is 12.5 Å². The largest absolute Gasteiger partial charge is 0.378 e. The van der Waals surface area contributed by atoms with Gasteiger partial charge in [0.1, 0.15) is 6.04 Å². The van der Waals surface area contributed by atoms with Crippen LogP contribution in [0.2, 0.25) is 0 Å². The fourth-order valence-electron chi connectivity index (χ4n) is 3.40. The monoisotopic (exact) mass is 351 g/mol. The molecule has 0 radical (unpaired) electrons. The first-order valence-electron chi connectivity index (χ1n) is 8.84. The van der Waals surface area contributed by atoms with E-state index in [0.29, 0.717) is 37.6 Å². The van der Waals surface area contributed by atoms with Gasteiger partial charge < -0.3 is 20.3 Å². The average molecular weight is 351 g/mol. The maximum absolute atomic E-state index is 12.9. The van der Waals surface area contributed by atoms with Crippen molar-refractivity contribution in [2.75, 3.05) is 36.5 Å². The summed E-state index contributed by atoms with van der Waals surface area (Å²) in [5, 5.41) is 5.98. The van der Waals surface area contributed by atoms with Gasteiger partial charge in [-0.3, -0.25) is 9.59 Å². The standard InChI is InChI=1S/C20H21N3O3/c24-19(17-13-26-11-9-21-17)22-16-6-3-5-15(12-16)20(25)23-10-8-14-4-1-2-7-18(14)23/h1-7,12,17,21H,8-11,13H2,(H,22,24). The van der Waals surface area contributed by atoms with Gasteiger partial charge in [-0.05, 0) is 36.2 Å². The van der Waals surface area contributed by atoms with Crippen LogP contribution in [0.15, 0.2) is 48.5 Å². The predicted octanol–water partition coefficient (Wildman–Crippen LogP) is 1.82. The van der Waals surface area contributed by atoms with Crippen molar-refractivity contribution >= 4 is 23.2 Å². The number of carbonyl (C=O) groups excluding carboxylic acids is 2. The van der Waals surface area contributed by atoms with Gasteiger partial charge in [0.15, 0.2) is 0 Å². The van der Waals surface area contributed by atoms with Crippen molar-refractivity contribution < 1.29 is 14.3 Å². The molecule has 2 aromatic carbocycles. The van der Waals surface area contributed by atoms with Gasteiger partial charge in [0.2, 0.25) is 5.91 Å². The maximum Gasteiger partial charge on any atom is 0.258 e. The van der Waals surface area contributed by atoms with Crippen LogP contribution < -0.4 is 15.5 Å². The number of benzene rings is 2. The van der Waals surface area contributed by atoms with E-state index in [-0.39, 0.29) is 17.9 Å². The molecule has 134 valence electrons. The lowest BCUT2D eigenvalue weighted by molar-refractivity contribution is -0.120. The van der Waals surface area contributed by atoms with Crippen molar-refractivity contribution in [3.63, 3.8) is 0 Å². The summed E-state index contributed by atoms with van der Waals surface area (Å²) in [5.41, 5.74) is 3.33. The molecule has 0 spiro atoms. The summed E-state index contributed by atoms with van der Waals surface area (Å²) < 4.78 is 5.32. The highest BCUT2D eigenvalue weighted by molar-refractivity contribution is 6.08. The molecule has 1 unspecified atom stereocenters. The van der Waals surface area contributed by atoms with E-state index in [9.17, 15) is 9.59 Å². The van der Waals surface area contributed by atoms with E-state index in [1.54, 1.807) is 29.2 Å². The van der Waals surface area contributed by atoms with E-state index < -0.39 is 0 Å². The van der Waals surface area contributed by atoms with Crippen LogP contribution in [0.3, 0.4) is 0 Å². The minimum Gasteiger partial charge on any atom is -0.378 e. The van der Waals surface area contributed by atoms with Gasteiger partial charge in [0, 0.05) is 30.0 Å². The number of morpholine rings is 1. The third kappa shape index (κ3) is 3.34. The van der Waals surface area contributed by atoms with Gasteiger partial charge in [0.25, 0.3) is 5.91 Å². The highest BCUT2D eigenvalue weighted by Gasteiger charge is 2.26. The second-order valence-electron chi connectivity index (χ2n) is 6.49. The van der Waals surface area contributed by atoms with Gasteiger partial charge in [-0.25, -0.2) is 0 Å². The molecule has 1 atom stereocenters. The van der Waals surface area contributed by atoms with Crippen LogP contribution in [0, 0.1) is 0 Å². The molecular weight excluding hydrogens is 330 g/mol. The van der Waals surface area contributed by atoms with Gasteiger partial charge in [-0.15, -0.1) is 0 Å². The molecule has 6 heteroatoms. The Kier molecular flexibility index (Phi) is 4.69. The molecule has 2 N–H and O–H groups in total. The zero-order valence-electron chi connectivity index (χ0n) is 14.4. The number of hydrogen-bond donors (Lipinski definition) is 2. The Morgan fingerprint density at radius 2 is 2.04 bits per heavy atom. The van der Waals surface area contributed by atoms with Crippen LogP contribution in [-0.4, -0.2) is 44.2 Å². The van der Waals surface area contributed by atoms with Crippen LogP contribution >= 0.6 is 0 Å². The van der Waals surface area contributed by atoms with Crippen LogP contribution in [0.25, 0.3) is 0 Å². The second kappa shape index (κ2) is 7.27. The van der Waals surface area contributed by atoms with Crippen molar-refractivity contribution in [1.29, 1.82) is 0 Å². The van der Waals surface area contributed by atoms with E-state index >= 15 is 0 Å². The van der Waals surface area contributed by atoms with Crippen molar-refractivity contribution in [2.24, 2.45) is 0 Å². The molecule has 26 heavy (non-hydrogen) atoms. The predicted molar refractivity (Wildman–Crippen MR) is 99.5 cm³/mol. The normalized spacial score (nSPS) is 19.1. The summed E-state index contributed by atoms with van der Waals surface area (Å²) in [7, 11) is 0. The summed E-state index contributed by atoms with van der Waals surface area (Å²) in [6.07, 6.45) is 0.867. The third-order valence-electron chi connectivity index (χ3n) is 4.75. The first-order valence-corrected chi connectivity index (χ1v) is 8.84. The SMILES string of the molecule is O=C(Nc1cccc(C(=O)N2CCc3ccccc32)c1)C1COCCN1. The Labute approximate surface area is 152 Å². The van der Waals surface area contributed by atoms with Crippen LogP contribution in [0.1, 0.15) is 15.9 Å². The third-order valence-corrected chi connectivity index (χ3v) is 4.75. The van der Waals surface area contributed by atoms with E-state index in [2.05, 4.69) is 16.7 Å². The number of nitrogens with zero attached hydrogens (tertiary/aromatic N) is 1. The quantitative estimate of drug-likeness (QED) is 0.885. The molecule has 2 aromatic rings. The molecule has 0 saturated carbocycles. The first kappa shape index (κ1) is 16.8. The van der Waals surface area contributed by atoms with Gasteiger partial charge in [0.05, 0.1) is 13.2 Å². The lowest BCUT2D eigenvalue weighted by Gasteiger charge is -2.23. The highest BCUT2D eigenvalue weighted by Crippen LogP contribution is 2.29. The number of carbonyl (C=O) groups is 2. The van der Waals surface area contributed by atoms with E-state index in [0.717, 1.165) is 12.1 Å². The number of nitrogens with one attached hydrogen (secondary N) is 2. The number of amides is 2. The molecule has 4 rings (SSSR count). The fourth-order valence-corrected chi connectivity index (χ4v) is 3.40. The van der Waals surface area contributed by atoms with Crippen LogP contribution in [-0.2, 0) is 16.0 Å². The van der Waals surface area contributed by atoms with Crippen LogP contribution in [0.4, 0.5) is 11.4 Å². The second-order valence-corrected chi connectivity index (χ2v) is 6.49. The number of anilines is 2. The Morgan fingerprint density at radius 3 is 2.88 bits per heavy atom. The number of rotatable bonds is 3. The number of ether oxygens (including phenoxy) is 1. The molecule has 2 aliphatic rings. The minimum absolute atomic E-state index is 0.0508. The van der Waals surface area contributed by atoms with E-state index in [4.69, 9.17) is 4.74 Å². The minimum atomic E-state index is -0.367. The molecule has 2 amide bonds. The van der Waals surface area contributed by atoms with Crippen molar-refractivity contribution in [3.8, 4) is 0 Å². The zero-order chi connectivity index (χ0) is 17.9. The molecule has 0 aliphatic carbocycles. The van der Waals surface area contributed by atoms with Gasteiger partial charge >= 0.3 is 0 Å². The Bertz CT molecular complexity index is 831. The molecule has 1 fully saturated rings. The lowest BCUT2D eigenvalue weighted by atomic mass is 10.1. The average Bonchev–Trinajstić information content (AvgIpc) is 3.12. The fraction of sp³-hybridized carbons (Fsp3) is 0.300. The summed E-state index contributed by atoms with van der Waals surface area (Å²) >= 11 is 0. The maximum atomic E-state index is 12.9. The number of fused-ring (bicyclic) bond motifs is 1. The molecule has 0 bridgehead atoms. The Balaban J connectivity index is 1.49. The summed E-state index contributed by atoms with van der Waals surface area (Å²) in [6, 6.07) is 14.7. The Morgan fingerprint density at radius 1 is 1.15 bits per heavy atom. The Hall–Kier alpha value is -2.70. The van der Waals surface area contributed by atoms with Crippen molar-refractivity contribution in [1.82, 2.24) is 5.32 Å². The molecule has 2 aliphatic heterocycles. The molecule has 6 nitrogen and oxygen atoms in total. The van der Waals surface area contributed by atoms with Crippen molar-refractivity contribution in [3.05, 3.63) is 59.7 Å². The van der Waals surface area contributed by atoms with Gasteiger partial charge in [-0.1, -0.05) is 24.3 Å². The van der Waals surface area contributed by atoms with E-state index in [1.165, 1.54) is 5.56 Å². The molecule has 1 saturated heterocycles. The zero-order valence-corrected chi connectivity index (χ0v) is 14.4. The van der Waals surface area contributed by atoms with Gasteiger partial charge in [-0.2, -0.15) is 0 Å². The molecule has 0 aromatic heterocycles.